The lowest BCUT2D eigenvalue weighted by molar-refractivity contribution is 0.0850. The average Bonchev–Trinajstić information content (AvgIpc) is 3.47. The van der Waals surface area contributed by atoms with Crippen LogP contribution in [0.5, 0.6) is 5.75 Å². The second kappa shape index (κ2) is 8.92. The number of carbonyl (C=O) groups excluding carboxylic acids is 1. The standard InChI is InChI=1S/C21H32N4O4/c1-14(2)11-24-20(26)29-17-9-10-21(13-28-21)19(18(17)23-3)25(22)12-15-5-7-16(27-4)8-6-15/h5-8,14,17,23H,9-13,22H2,1-4H3,(H,24,26)/t17-,21+/m1/s1. The van der Waals surface area contributed by atoms with Gasteiger partial charge in [0.1, 0.15) is 17.5 Å². The number of likely N-dealkylation sites (N-methyl/N-ethyl adjacent to an activating group) is 1. The van der Waals surface area contributed by atoms with Crippen LogP contribution in [0, 0.1) is 5.92 Å². The van der Waals surface area contributed by atoms with Crippen LogP contribution >= 0.6 is 0 Å². The van der Waals surface area contributed by atoms with Crippen molar-refractivity contribution in [3.63, 3.8) is 0 Å². The summed E-state index contributed by atoms with van der Waals surface area (Å²) in [4.78, 5) is 12.2. The van der Waals surface area contributed by atoms with Crippen molar-refractivity contribution in [1.29, 1.82) is 0 Å². The van der Waals surface area contributed by atoms with Gasteiger partial charge in [0.05, 0.1) is 31.7 Å². The Morgan fingerprint density at radius 2 is 2.07 bits per heavy atom. The number of methoxy groups -OCH3 is 1. The van der Waals surface area contributed by atoms with Crippen LogP contribution in [0.1, 0.15) is 32.3 Å². The number of hydrogen-bond donors (Lipinski definition) is 3. The average molecular weight is 405 g/mol. The minimum atomic E-state index is -0.415. The van der Waals surface area contributed by atoms with Gasteiger partial charge in [-0.1, -0.05) is 26.0 Å². The van der Waals surface area contributed by atoms with E-state index in [1.54, 1.807) is 12.1 Å². The lowest BCUT2D eigenvalue weighted by atomic mass is 9.88. The molecule has 160 valence electrons. The second-order valence-corrected chi connectivity index (χ2v) is 7.98. The minimum Gasteiger partial charge on any atom is -0.497 e. The highest BCUT2D eigenvalue weighted by atomic mass is 16.6. The van der Waals surface area contributed by atoms with E-state index in [9.17, 15) is 4.79 Å². The highest BCUT2D eigenvalue weighted by molar-refractivity contribution is 5.67. The molecule has 1 aliphatic heterocycles. The lowest BCUT2D eigenvalue weighted by Gasteiger charge is -2.36. The van der Waals surface area contributed by atoms with Gasteiger partial charge >= 0.3 is 6.09 Å². The normalized spacial score (nSPS) is 23.2. The minimum absolute atomic E-state index is 0.357. The number of hydrazine groups is 1. The molecule has 2 aliphatic rings. The van der Waals surface area contributed by atoms with E-state index in [-0.39, 0.29) is 6.10 Å². The Bertz CT molecular complexity index is 744. The molecule has 29 heavy (non-hydrogen) atoms. The second-order valence-electron chi connectivity index (χ2n) is 7.98. The van der Waals surface area contributed by atoms with Crippen molar-refractivity contribution in [3.8, 4) is 5.75 Å². The summed E-state index contributed by atoms with van der Waals surface area (Å²) >= 11 is 0. The van der Waals surface area contributed by atoms with Crippen molar-refractivity contribution in [2.24, 2.45) is 11.8 Å². The fourth-order valence-corrected chi connectivity index (χ4v) is 3.67. The monoisotopic (exact) mass is 404 g/mol. The van der Waals surface area contributed by atoms with Crippen LogP contribution in [0.2, 0.25) is 0 Å². The third kappa shape index (κ3) is 4.94. The Morgan fingerprint density at radius 1 is 1.38 bits per heavy atom. The summed E-state index contributed by atoms with van der Waals surface area (Å²) in [6, 6.07) is 7.78. The Hall–Kier alpha value is -2.45. The molecule has 0 bridgehead atoms. The van der Waals surface area contributed by atoms with E-state index in [1.807, 2.05) is 45.2 Å². The zero-order chi connectivity index (χ0) is 21.0. The van der Waals surface area contributed by atoms with E-state index in [2.05, 4.69) is 10.6 Å². The molecule has 0 aromatic heterocycles. The van der Waals surface area contributed by atoms with E-state index in [4.69, 9.17) is 20.1 Å². The van der Waals surface area contributed by atoms with Crippen LogP contribution in [-0.4, -0.2) is 50.1 Å². The van der Waals surface area contributed by atoms with E-state index >= 15 is 0 Å². The lowest BCUT2D eigenvalue weighted by Crippen LogP contribution is -2.46. The number of nitrogens with zero attached hydrogens (tertiary/aromatic N) is 1. The summed E-state index contributed by atoms with van der Waals surface area (Å²) in [5.41, 5.74) is 2.30. The summed E-state index contributed by atoms with van der Waals surface area (Å²) < 4.78 is 16.7. The maximum atomic E-state index is 12.2. The molecule has 1 heterocycles. The first-order valence-corrected chi connectivity index (χ1v) is 10.0. The number of nitrogens with two attached hydrogens (primary N) is 1. The Labute approximate surface area is 172 Å². The zero-order valence-electron chi connectivity index (χ0n) is 17.7. The van der Waals surface area contributed by atoms with Crippen molar-refractivity contribution in [2.45, 2.75) is 44.9 Å². The summed E-state index contributed by atoms with van der Waals surface area (Å²) in [5.74, 6) is 7.65. The van der Waals surface area contributed by atoms with Crippen LogP contribution in [-0.2, 0) is 16.0 Å². The van der Waals surface area contributed by atoms with Gasteiger partial charge in [-0.3, -0.25) is 0 Å². The van der Waals surface area contributed by atoms with E-state index in [1.165, 1.54) is 0 Å². The van der Waals surface area contributed by atoms with Gasteiger partial charge in [0, 0.05) is 13.6 Å². The van der Waals surface area contributed by atoms with E-state index < -0.39 is 11.7 Å². The fourth-order valence-electron chi connectivity index (χ4n) is 3.67. The van der Waals surface area contributed by atoms with Crippen LogP contribution in [0.15, 0.2) is 35.7 Å². The molecule has 0 saturated carbocycles. The van der Waals surface area contributed by atoms with Crippen molar-refractivity contribution in [2.75, 3.05) is 27.3 Å². The van der Waals surface area contributed by atoms with Crippen molar-refractivity contribution >= 4 is 6.09 Å². The van der Waals surface area contributed by atoms with Crippen molar-refractivity contribution in [1.82, 2.24) is 15.6 Å². The molecule has 1 aromatic carbocycles. The molecule has 8 heteroatoms. The number of carbonyl (C=O) groups is 1. The molecule has 3 rings (SSSR count). The van der Waals surface area contributed by atoms with Gasteiger partial charge in [0.25, 0.3) is 0 Å². The maximum absolute atomic E-state index is 12.2. The number of ether oxygens (including phenoxy) is 3. The zero-order valence-corrected chi connectivity index (χ0v) is 17.7. The first kappa shape index (κ1) is 21.3. The number of nitrogens with one attached hydrogen (secondary N) is 2. The van der Waals surface area contributed by atoms with Crippen molar-refractivity contribution < 1.29 is 19.0 Å². The van der Waals surface area contributed by atoms with Crippen molar-refractivity contribution in [3.05, 3.63) is 41.2 Å². The third-order valence-electron chi connectivity index (χ3n) is 5.28. The molecule has 0 unspecified atom stereocenters. The quantitative estimate of drug-likeness (QED) is 0.346. The number of epoxide rings is 1. The predicted octanol–water partition coefficient (Wildman–Crippen LogP) is 2.12. The topological polar surface area (TPSA) is 101 Å². The van der Waals surface area contributed by atoms with Crippen LogP contribution in [0.3, 0.4) is 0 Å². The molecular weight excluding hydrogens is 372 g/mol. The summed E-state index contributed by atoms with van der Waals surface area (Å²) in [6.07, 6.45) is 0.637. The molecule has 1 aliphatic carbocycles. The molecule has 1 amide bonds. The van der Waals surface area contributed by atoms with Gasteiger partial charge in [-0.15, -0.1) is 0 Å². The Morgan fingerprint density at radius 3 is 2.62 bits per heavy atom. The molecule has 1 spiro atoms. The van der Waals surface area contributed by atoms with Crippen LogP contribution < -0.4 is 21.2 Å². The maximum Gasteiger partial charge on any atom is 0.407 e. The summed E-state index contributed by atoms with van der Waals surface area (Å²) in [6.45, 7) is 5.78. The van der Waals surface area contributed by atoms with E-state index in [0.717, 1.165) is 29.1 Å². The van der Waals surface area contributed by atoms with Gasteiger partial charge in [-0.2, -0.15) is 0 Å². The highest BCUT2D eigenvalue weighted by Gasteiger charge is 2.55. The van der Waals surface area contributed by atoms with Gasteiger partial charge in [0.2, 0.25) is 0 Å². The first-order valence-electron chi connectivity index (χ1n) is 10.0. The highest BCUT2D eigenvalue weighted by Crippen LogP contribution is 2.46. The van der Waals surface area contributed by atoms with E-state index in [0.29, 0.717) is 32.0 Å². The molecule has 1 saturated heterocycles. The molecule has 0 radical (unpaired) electrons. The number of amides is 1. The van der Waals surface area contributed by atoms with Crippen LogP contribution in [0.4, 0.5) is 4.79 Å². The number of hydrogen-bond acceptors (Lipinski definition) is 7. The fraction of sp³-hybridized carbons (Fsp3) is 0.571. The molecule has 2 atom stereocenters. The van der Waals surface area contributed by atoms with Gasteiger partial charge in [-0.25, -0.2) is 10.6 Å². The van der Waals surface area contributed by atoms with Gasteiger partial charge in [0.15, 0.2) is 0 Å². The summed E-state index contributed by atoms with van der Waals surface area (Å²) in [7, 11) is 3.46. The van der Waals surface area contributed by atoms with Crippen LogP contribution in [0.25, 0.3) is 0 Å². The Kier molecular flexibility index (Phi) is 6.54. The number of benzene rings is 1. The largest absolute Gasteiger partial charge is 0.497 e. The first-order chi connectivity index (χ1) is 13.9. The molecule has 4 N–H and O–H groups in total. The SMILES string of the molecule is CNC1=C(N(N)Cc2ccc(OC)cc2)[C@]2(CC[C@H]1OC(=O)NCC(C)C)CO2. The Balaban J connectivity index is 1.77. The van der Waals surface area contributed by atoms with Gasteiger partial charge < -0.3 is 29.9 Å². The molecule has 8 nitrogen and oxygen atoms in total. The number of rotatable bonds is 8. The number of alkyl carbamates (subject to hydrolysis) is 1. The van der Waals surface area contributed by atoms with Gasteiger partial charge in [-0.05, 0) is 36.5 Å². The molecule has 1 fully saturated rings. The smallest absolute Gasteiger partial charge is 0.407 e. The molecular formula is C21H32N4O4. The summed E-state index contributed by atoms with van der Waals surface area (Å²) in [5, 5.41) is 7.71. The predicted molar refractivity (Wildman–Crippen MR) is 110 cm³/mol. The third-order valence-corrected chi connectivity index (χ3v) is 5.28. The molecule has 1 aromatic rings.